The first kappa shape index (κ1) is 17.6. The van der Waals surface area contributed by atoms with Crippen LogP contribution < -0.4 is 16.2 Å². The van der Waals surface area contributed by atoms with Gasteiger partial charge in [0.05, 0.1) is 5.69 Å². The first-order valence-electron chi connectivity index (χ1n) is 8.23. The number of anilines is 1. The molecule has 132 valence electrons. The van der Waals surface area contributed by atoms with Crippen LogP contribution in [0.4, 0.5) is 5.69 Å². The molecule has 26 heavy (non-hydrogen) atoms. The number of nitrogens with zero attached hydrogens (tertiary/aromatic N) is 1. The Morgan fingerprint density at radius 1 is 1.08 bits per heavy atom. The maximum absolute atomic E-state index is 12.2. The van der Waals surface area contributed by atoms with Crippen molar-refractivity contribution < 1.29 is 4.79 Å². The van der Waals surface area contributed by atoms with E-state index in [-0.39, 0.29) is 5.91 Å². The topological polar surface area (TPSA) is 81.8 Å². The number of nitrogens with one attached hydrogen (secondary N) is 4. The van der Waals surface area contributed by atoms with Gasteiger partial charge >= 0.3 is 0 Å². The van der Waals surface area contributed by atoms with Gasteiger partial charge in [-0.2, -0.15) is 5.10 Å². The highest BCUT2D eigenvalue weighted by molar-refractivity contribution is 7.80. The van der Waals surface area contributed by atoms with Crippen molar-refractivity contribution in [3.05, 3.63) is 71.9 Å². The van der Waals surface area contributed by atoms with E-state index in [0.717, 1.165) is 23.2 Å². The summed E-state index contributed by atoms with van der Waals surface area (Å²) in [7, 11) is 0. The Hall–Kier alpha value is -3.19. The fraction of sp³-hybridized carbons (Fsp3) is 0.105. The minimum atomic E-state index is -0.354. The highest BCUT2D eigenvalue weighted by Gasteiger charge is 2.11. The van der Waals surface area contributed by atoms with Gasteiger partial charge in [-0.25, -0.2) is 0 Å². The molecule has 3 aromatic rings. The van der Waals surface area contributed by atoms with Crippen molar-refractivity contribution in [1.82, 2.24) is 21.0 Å². The number of hydrogen-bond acceptors (Lipinski definition) is 3. The lowest BCUT2D eigenvalue weighted by Gasteiger charge is -2.13. The van der Waals surface area contributed by atoms with Crippen LogP contribution in [-0.2, 0) is 6.42 Å². The summed E-state index contributed by atoms with van der Waals surface area (Å²) in [5.41, 5.74) is 9.29. The molecule has 6 nitrogen and oxygen atoms in total. The first-order valence-corrected chi connectivity index (χ1v) is 8.64. The normalized spacial score (nSPS) is 10.2. The third kappa shape index (κ3) is 4.25. The van der Waals surface area contributed by atoms with E-state index >= 15 is 0 Å². The second-order valence-corrected chi connectivity index (χ2v) is 5.99. The van der Waals surface area contributed by atoms with Crippen LogP contribution in [0.25, 0.3) is 11.3 Å². The molecule has 1 aromatic heterocycles. The fourth-order valence-electron chi connectivity index (χ4n) is 2.48. The summed E-state index contributed by atoms with van der Waals surface area (Å²) in [5, 5.41) is 10.3. The number of rotatable bonds is 4. The van der Waals surface area contributed by atoms with Crippen molar-refractivity contribution in [3.8, 4) is 11.3 Å². The molecule has 0 saturated carbocycles. The minimum Gasteiger partial charge on any atom is -0.331 e. The van der Waals surface area contributed by atoms with E-state index in [4.69, 9.17) is 12.2 Å². The monoisotopic (exact) mass is 365 g/mol. The van der Waals surface area contributed by atoms with Crippen molar-refractivity contribution >= 4 is 28.9 Å². The van der Waals surface area contributed by atoms with Gasteiger partial charge in [0.15, 0.2) is 5.11 Å². The summed E-state index contributed by atoms with van der Waals surface area (Å²) < 4.78 is 0. The van der Waals surface area contributed by atoms with E-state index in [1.54, 1.807) is 6.07 Å². The lowest BCUT2D eigenvalue weighted by atomic mass is 10.1. The number of hydrazine groups is 1. The zero-order chi connectivity index (χ0) is 18.4. The molecule has 0 aliphatic heterocycles. The zero-order valence-corrected chi connectivity index (χ0v) is 15.1. The first-order chi connectivity index (χ1) is 12.7. The molecule has 1 heterocycles. The molecule has 0 aliphatic rings. The highest BCUT2D eigenvalue weighted by Crippen LogP contribution is 2.17. The SMILES string of the molecule is CCc1ccccc1NC(=S)NNC(=O)c1cc(-c2ccccc2)n[nH]1. The van der Waals surface area contributed by atoms with E-state index in [1.165, 1.54) is 0 Å². The maximum atomic E-state index is 12.2. The van der Waals surface area contributed by atoms with Gasteiger partial charge in [0.25, 0.3) is 5.91 Å². The molecule has 0 unspecified atom stereocenters. The number of hydrogen-bond donors (Lipinski definition) is 4. The summed E-state index contributed by atoms with van der Waals surface area (Å²) in [5.74, 6) is -0.354. The quantitative estimate of drug-likeness (QED) is 0.421. The average Bonchev–Trinajstić information content (AvgIpc) is 3.17. The Balaban J connectivity index is 1.57. The smallest absolute Gasteiger partial charge is 0.287 e. The number of carbonyl (C=O) groups is 1. The molecule has 0 radical (unpaired) electrons. The van der Waals surface area contributed by atoms with Crippen LogP contribution in [0.2, 0.25) is 0 Å². The average molecular weight is 365 g/mol. The summed E-state index contributed by atoms with van der Waals surface area (Å²) in [4.78, 5) is 12.2. The van der Waals surface area contributed by atoms with Crippen LogP contribution in [0, 0.1) is 0 Å². The van der Waals surface area contributed by atoms with Crippen LogP contribution in [0.1, 0.15) is 23.0 Å². The van der Waals surface area contributed by atoms with E-state index in [0.29, 0.717) is 16.5 Å². The molecule has 7 heteroatoms. The van der Waals surface area contributed by atoms with Gasteiger partial charge in [0.2, 0.25) is 0 Å². The second kappa shape index (κ2) is 8.26. The number of aromatic nitrogens is 2. The Morgan fingerprint density at radius 3 is 2.58 bits per heavy atom. The molecule has 0 fully saturated rings. The largest absolute Gasteiger partial charge is 0.331 e. The van der Waals surface area contributed by atoms with Gasteiger partial charge in [-0.15, -0.1) is 0 Å². The summed E-state index contributed by atoms with van der Waals surface area (Å²) in [6, 6.07) is 19.2. The molecule has 0 bridgehead atoms. The fourth-order valence-corrected chi connectivity index (χ4v) is 2.64. The second-order valence-electron chi connectivity index (χ2n) is 5.58. The van der Waals surface area contributed by atoms with E-state index in [1.807, 2.05) is 54.6 Å². The lowest BCUT2D eigenvalue weighted by Crippen LogP contribution is -2.44. The molecule has 0 aliphatic carbocycles. The van der Waals surface area contributed by atoms with Gasteiger partial charge < -0.3 is 5.32 Å². The van der Waals surface area contributed by atoms with Crippen LogP contribution >= 0.6 is 12.2 Å². The number of para-hydroxylation sites is 1. The zero-order valence-electron chi connectivity index (χ0n) is 14.2. The molecule has 0 saturated heterocycles. The number of thiocarbonyl (C=S) groups is 1. The standard InChI is InChI=1S/C19H19N5OS/c1-2-13-8-6-7-11-15(13)20-19(26)24-23-18(25)17-12-16(21-22-17)14-9-4-3-5-10-14/h3-12H,2H2,1H3,(H,21,22)(H,23,25)(H2,20,24,26). The molecule has 1 amide bonds. The summed E-state index contributed by atoms with van der Waals surface area (Å²) in [6.07, 6.45) is 0.883. The predicted octanol–water partition coefficient (Wildman–Crippen LogP) is 3.27. The number of aromatic amines is 1. The van der Waals surface area contributed by atoms with Crippen molar-refractivity contribution in [1.29, 1.82) is 0 Å². The third-order valence-corrected chi connectivity index (χ3v) is 4.03. The molecular formula is C19H19N5OS. The lowest BCUT2D eigenvalue weighted by molar-refractivity contribution is 0.0939. The molecular weight excluding hydrogens is 346 g/mol. The van der Waals surface area contributed by atoms with Crippen molar-refractivity contribution in [2.45, 2.75) is 13.3 Å². The van der Waals surface area contributed by atoms with Crippen LogP contribution in [0.5, 0.6) is 0 Å². The van der Waals surface area contributed by atoms with Crippen LogP contribution in [-0.4, -0.2) is 21.2 Å². The number of H-pyrrole nitrogens is 1. The van der Waals surface area contributed by atoms with E-state index in [2.05, 4.69) is 33.3 Å². The van der Waals surface area contributed by atoms with E-state index < -0.39 is 0 Å². The summed E-state index contributed by atoms with van der Waals surface area (Å²) in [6.45, 7) is 2.07. The Kier molecular flexibility index (Phi) is 5.60. The van der Waals surface area contributed by atoms with Gasteiger partial charge in [-0.05, 0) is 36.3 Å². The number of amides is 1. The number of aryl methyl sites for hydroxylation is 1. The van der Waals surface area contributed by atoms with Gasteiger partial charge in [0.1, 0.15) is 5.69 Å². The van der Waals surface area contributed by atoms with Crippen molar-refractivity contribution in [2.75, 3.05) is 5.32 Å². The molecule has 0 spiro atoms. The molecule has 4 N–H and O–H groups in total. The third-order valence-electron chi connectivity index (χ3n) is 3.83. The summed E-state index contributed by atoms with van der Waals surface area (Å²) >= 11 is 5.23. The molecule has 3 rings (SSSR count). The maximum Gasteiger partial charge on any atom is 0.287 e. The van der Waals surface area contributed by atoms with Crippen molar-refractivity contribution in [3.63, 3.8) is 0 Å². The number of carbonyl (C=O) groups excluding carboxylic acids is 1. The van der Waals surface area contributed by atoms with Gasteiger partial charge in [-0.1, -0.05) is 55.5 Å². The Morgan fingerprint density at radius 2 is 1.81 bits per heavy atom. The van der Waals surface area contributed by atoms with E-state index in [9.17, 15) is 4.79 Å². The number of benzene rings is 2. The molecule has 0 atom stereocenters. The predicted molar refractivity (Wildman–Crippen MR) is 107 cm³/mol. The highest BCUT2D eigenvalue weighted by atomic mass is 32.1. The van der Waals surface area contributed by atoms with Crippen molar-refractivity contribution in [2.24, 2.45) is 0 Å². The van der Waals surface area contributed by atoms with Gasteiger partial charge in [-0.3, -0.25) is 20.7 Å². The van der Waals surface area contributed by atoms with Crippen LogP contribution in [0.15, 0.2) is 60.7 Å². The Labute approximate surface area is 157 Å². The van der Waals surface area contributed by atoms with Gasteiger partial charge in [0, 0.05) is 11.3 Å². The minimum absolute atomic E-state index is 0.307. The Bertz CT molecular complexity index is 907. The van der Waals surface area contributed by atoms with Crippen LogP contribution in [0.3, 0.4) is 0 Å². The molecule has 2 aromatic carbocycles.